The minimum Gasteiger partial charge on any atom is -0.357 e. The van der Waals surface area contributed by atoms with E-state index in [0.29, 0.717) is 5.82 Å². The molecule has 0 spiro atoms. The molecular formula is C14H23N5O3S. The topological polar surface area (TPSA) is 95.5 Å². The van der Waals surface area contributed by atoms with Crippen molar-refractivity contribution in [3.8, 4) is 0 Å². The van der Waals surface area contributed by atoms with Gasteiger partial charge in [-0.2, -0.15) is 4.31 Å². The maximum Gasteiger partial charge on any atom is 0.235 e. The van der Waals surface area contributed by atoms with Gasteiger partial charge in [-0.15, -0.1) is 0 Å². The number of rotatable bonds is 6. The Kier molecular flexibility index (Phi) is 5.89. The maximum absolute atomic E-state index is 11.8. The van der Waals surface area contributed by atoms with E-state index in [-0.39, 0.29) is 19.0 Å². The molecule has 128 valence electrons. The Hall–Kier alpha value is -1.74. The first-order valence-corrected chi connectivity index (χ1v) is 9.46. The fourth-order valence-electron chi connectivity index (χ4n) is 2.33. The van der Waals surface area contributed by atoms with Crippen molar-refractivity contribution in [2.24, 2.45) is 0 Å². The molecule has 0 unspecified atom stereocenters. The number of amides is 1. The predicted molar refractivity (Wildman–Crippen MR) is 87.4 cm³/mol. The van der Waals surface area contributed by atoms with Crippen LogP contribution in [0.25, 0.3) is 0 Å². The molecule has 1 aromatic rings. The molecule has 0 atom stereocenters. The van der Waals surface area contributed by atoms with E-state index in [1.165, 1.54) is 13.5 Å². The average molecular weight is 341 g/mol. The molecule has 2 rings (SSSR count). The molecule has 0 aliphatic carbocycles. The lowest BCUT2D eigenvalue weighted by Gasteiger charge is -2.27. The molecule has 1 aromatic heterocycles. The zero-order valence-electron chi connectivity index (χ0n) is 13.5. The Morgan fingerprint density at radius 2 is 2.04 bits per heavy atom. The van der Waals surface area contributed by atoms with Gasteiger partial charge >= 0.3 is 0 Å². The second-order valence-corrected chi connectivity index (χ2v) is 7.76. The van der Waals surface area contributed by atoms with Gasteiger partial charge in [-0.25, -0.2) is 18.4 Å². The van der Waals surface area contributed by atoms with Gasteiger partial charge in [0.1, 0.15) is 11.6 Å². The molecule has 0 saturated carbocycles. The van der Waals surface area contributed by atoms with Crippen LogP contribution >= 0.6 is 0 Å². The van der Waals surface area contributed by atoms with Gasteiger partial charge in [-0.3, -0.25) is 4.79 Å². The molecule has 9 heteroatoms. The van der Waals surface area contributed by atoms with E-state index in [1.54, 1.807) is 6.20 Å². The highest BCUT2D eigenvalue weighted by Gasteiger charge is 2.16. The molecule has 23 heavy (non-hydrogen) atoms. The number of carbonyl (C=O) groups is 1. The van der Waals surface area contributed by atoms with E-state index < -0.39 is 10.0 Å². The Labute approximate surface area is 137 Å². The fourth-order valence-corrected chi connectivity index (χ4v) is 2.68. The minimum atomic E-state index is -3.37. The Balaban J connectivity index is 1.89. The van der Waals surface area contributed by atoms with Gasteiger partial charge in [0, 0.05) is 26.3 Å². The van der Waals surface area contributed by atoms with Crippen molar-refractivity contribution in [3.05, 3.63) is 18.1 Å². The third-order valence-corrected chi connectivity index (χ3v) is 5.01. The third-order valence-electron chi connectivity index (χ3n) is 3.75. The lowest BCUT2D eigenvalue weighted by Crippen LogP contribution is -2.37. The molecule has 0 radical (unpaired) electrons. The van der Waals surface area contributed by atoms with Crippen molar-refractivity contribution >= 4 is 21.7 Å². The van der Waals surface area contributed by atoms with Crippen LogP contribution < -0.4 is 10.2 Å². The van der Waals surface area contributed by atoms with E-state index in [9.17, 15) is 13.2 Å². The Bertz CT molecular complexity index is 644. The van der Waals surface area contributed by atoms with Crippen LogP contribution in [0.5, 0.6) is 0 Å². The van der Waals surface area contributed by atoms with Crippen LogP contribution in [-0.4, -0.2) is 61.5 Å². The number of nitrogens with zero attached hydrogens (tertiary/aromatic N) is 4. The molecule has 8 nitrogen and oxygen atoms in total. The highest BCUT2D eigenvalue weighted by molar-refractivity contribution is 7.88. The number of piperidine rings is 1. The van der Waals surface area contributed by atoms with E-state index in [4.69, 9.17) is 0 Å². The van der Waals surface area contributed by atoms with Crippen molar-refractivity contribution < 1.29 is 13.2 Å². The minimum absolute atomic E-state index is 0.179. The zero-order chi connectivity index (χ0) is 16.9. The summed E-state index contributed by atoms with van der Waals surface area (Å²) in [6.07, 6.45) is 6.31. The maximum atomic E-state index is 11.8. The van der Waals surface area contributed by atoms with Crippen LogP contribution in [0.3, 0.4) is 0 Å². The SMILES string of the molecule is CN(CC(=O)NCc1nccc(N2CCCCC2)n1)S(C)(=O)=O. The molecule has 0 bridgehead atoms. The monoisotopic (exact) mass is 341 g/mol. The Morgan fingerprint density at radius 1 is 1.35 bits per heavy atom. The Morgan fingerprint density at radius 3 is 2.70 bits per heavy atom. The highest BCUT2D eigenvalue weighted by atomic mass is 32.2. The summed E-state index contributed by atoms with van der Waals surface area (Å²) < 4.78 is 23.5. The number of carbonyl (C=O) groups excluding carboxylic acids is 1. The summed E-state index contributed by atoms with van der Waals surface area (Å²) in [5, 5.41) is 2.64. The molecular weight excluding hydrogens is 318 g/mol. The predicted octanol–water partition coefficient (Wildman–Crippen LogP) is -0.0255. The van der Waals surface area contributed by atoms with Crippen molar-refractivity contribution in [3.63, 3.8) is 0 Å². The van der Waals surface area contributed by atoms with E-state index in [0.717, 1.165) is 42.3 Å². The van der Waals surface area contributed by atoms with Crippen LogP contribution in [-0.2, 0) is 21.4 Å². The number of likely N-dealkylation sites (N-methyl/N-ethyl adjacent to an activating group) is 1. The summed E-state index contributed by atoms with van der Waals surface area (Å²) in [5.74, 6) is 1.01. The standard InChI is InChI=1S/C14H23N5O3S/c1-18(23(2,21)22)11-14(20)16-10-12-15-7-6-13(17-12)19-8-4-3-5-9-19/h6-7H,3-5,8-11H2,1-2H3,(H,16,20). The van der Waals surface area contributed by atoms with Gasteiger partial charge in [-0.05, 0) is 25.3 Å². The molecule has 0 aromatic carbocycles. The van der Waals surface area contributed by atoms with Crippen LogP contribution in [0, 0.1) is 0 Å². The van der Waals surface area contributed by atoms with E-state index >= 15 is 0 Å². The second kappa shape index (κ2) is 7.69. The summed E-state index contributed by atoms with van der Waals surface area (Å²) in [6.45, 7) is 1.94. The van der Waals surface area contributed by atoms with Crippen molar-refractivity contribution in [1.82, 2.24) is 19.6 Å². The van der Waals surface area contributed by atoms with Crippen LogP contribution in [0.4, 0.5) is 5.82 Å². The third kappa shape index (κ3) is 5.43. The number of anilines is 1. The van der Waals surface area contributed by atoms with E-state index in [1.807, 2.05) is 6.07 Å². The average Bonchev–Trinajstić information content (AvgIpc) is 2.53. The summed E-state index contributed by atoms with van der Waals surface area (Å²) in [4.78, 5) is 22.6. The van der Waals surface area contributed by atoms with Crippen molar-refractivity contribution in [2.45, 2.75) is 25.8 Å². The van der Waals surface area contributed by atoms with Gasteiger partial charge in [0.15, 0.2) is 0 Å². The summed E-state index contributed by atoms with van der Waals surface area (Å²) in [5.41, 5.74) is 0. The molecule has 1 aliphatic rings. The van der Waals surface area contributed by atoms with Gasteiger partial charge in [0.2, 0.25) is 15.9 Å². The van der Waals surface area contributed by atoms with Crippen molar-refractivity contribution in [1.29, 1.82) is 0 Å². The van der Waals surface area contributed by atoms with Gasteiger partial charge in [0.25, 0.3) is 0 Å². The largest absolute Gasteiger partial charge is 0.357 e. The zero-order valence-corrected chi connectivity index (χ0v) is 14.3. The molecule has 1 N–H and O–H groups in total. The molecule has 1 amide bonds. The van der Waals surface area contributed by atoms with Crippen LogP contribution in [0.15, 0.2) is 12.3 Å². The highest BCUT2D eigenvalue weighted by Crippen LogP contribution is 2.16. The number of nitrogens with one attached hydrogen (secondary N) is 1. The van der Waals surface area contributed by atoms with Gasteiger partial charge < -0.3 is 10.2 Å². The lowest BCUT2D eigenvalue weighted by molar-refractivity contribution is -0.121. The molecule has 1 fully saturated rings. The van der Waals surface area contributed by atoms with Crippen LogP contribution in [0.2, 0.25) is 0 Å². The normalized spacial score (nSPS) is 15.7. The first kappa shape index (κ1) is 17.6. The van der Waals surface area contributed by atoms with Crippen molar-refractivity contribution in [2.75, 3.05) is 37.8 Å². The van der Waals surface area contributed by atoms with Gasteiger partial charge in [-0.1, -0.05) is 0 Å². The first-order chi connectivity index (χ1) is 10.9. The summed E-state index contributed by atoms with van der Waals surface area (Å²) in [6, 6.07) is 1.87. The molecule has 1 saturated heterocycles. The molecule has 1 aliphatic heterocycles. The fraction of sp³-hybridized carbons (Fsp3) is 0.643. The van der Waals surface area contributed by atoms with Crippen LogP contribution in [0.1, 0.15) is 25.1 Å². The smallest absolute Gasteiger partial charge is 0.235 e. The first-order valence-electron chi connectivity index (χ1n) is 7.61. The number of hydrogen-bond donors (Lipinski definition) is 1. The quantitative estimate of drug-likeness (QED) is 0.781. The lowest BCUT2D eigenvalue weighted by atomic mass is 10.1. The number of aromatic nitrogens is 2. The van der Waals surface area contributed by atoms with Gasteiger partial charge in [0.05, 0.1) is 19.3 Å². The van der Waals surface area contributed by atoms with E-state index in [2.05, 4.69) is 20.2 Å². The number of hydrogen-bond acceptors (Lipinski definition) is 6. The molecule has 2 heterocycles. The number of sulfonamides is 1. The summed E-state index contributed by atoms with van der Waals surface area (Å²) in [7, 11) is -2.00. The second-order valence-electron chi connectivity index (χ2n) is 5.67. The summed E-state index contributed by atoms with van der Waals surface area (Å²) >= 11 is 0.